The third-order valence-electron chi connectivity index (χ3n) is 5.16. The monoisotopic (exact) mass is 388 g/mol. The lowest BCUT2D eigenvalue weighted by molar-refractivity contribution is -0.115. The van der Waals surface area contributed by atoms with Crippen molar-refractivity contribution in [2.45, 2.75) is 25.4 Å². The number of rotatable bonds is 7. The molecule has 0 unspecified atom stereocenters. The molecule has 142 valence electrons. The van der Waals surface area contributed by atoms with Crippen LogP contribution in [0.1, 0.15) is 25.3 Å². The van der Waals surface area contributed by atoms with Gasteiger partial charge in [-0.3, -0.25) is 4.79 Å². The zero-order valence-corrected chi connectivity index (χ0v) is 17.2. The Bertz CT molecular complexity index is 951. The van der Waals surface area contributed by atoms with Gasteiger partial charge in [0.15, 0.2) is 12.9 Å². The van der Waals surface area contributed by atoms with Gasteiger partial charge in [-0.2, -0.15) is 0 Å². The Labute approximate surface area is 167 Å². The molecule has 0 saturated heterocycles. The maximum Gasteiger partial charge on any atom is 0.169 e. The molecule has 3 aromatic rings. The van der Waals surface area contributed by atoms with E-state index in [-0.39, 0.29) is 11.7 Å². The Morgan fingerprint density at radius 3 is 1.57 bits per heavy atom. The highest BCUT2D eigenvalue weighted by atomic mass is 31.2. The molecule has 3 aromatic carbocycles. The molecule has 0 heterocycles. The molecule has 0 aromatic heterocycles. The summed E-state index contributed by atoms with van der Waals surface area (Å²) >= 11 is 0. The summed E-state index contributed by atoms with van der Waals surface area (Å²) in [5, 5.41) is 1.40. The number of hydrogen-bond acceptors (Lipinski definition) is 2. The zero-order chi connectivity index (χ0) is 20.1. The molecule has 0 aliphatic carbocycles. The van der Waals surface area contributed by atoms with Gasteiger partial charge in [0.2, 0.25) is 0 Å². The lowest BCUT2D eigenvalue weighted by Gasteiger charge is -2.32. The number of Topliss-reactive ketones (excluding diaryl/α,β-unsaturated/α-hetero) is 1. The van der Waals surface area contributed by atoms with E-state index in [0.29, 0.717) is 16.2 Å². The van der Waals surface area contributed by atoms with Gasteiger partial charge in [-0.1, -0.05) is 104 Å². The van der Waals surface area contributed by atoms with E-state index < -0.39 is 12.8 Å². The Morgan fingerprint density at radius 1 is 0.786 bits per heavy atom. The van der Waals surface area contributed by atoms with E-state index in [9.17, 15) is 9.36 Å². The van der Waals surface area contributed by atoms with Crippen molar-refractivity contribution in [1.82, 2.24) is 0 Å². The van der Waals surface area contributed by atoms with Gasteiger partial charge in [0, 0.05) is 10.6 Å². The fourth-order valence-electron chi connectivity index (χ4n) is 3.67. The van der Waals surface area contributed by atoms with Crippen LogP contribution in [0.5, 0.6) is 0 Å². The highest BCUT2D eigenvalue weighted by molar-refractivity contribution is 7.80. The van der Waals surface area contributed by atoms with Gasteiger partial charge >= 0.3 is 0 Å². The first-order valence-corrected chi connectivity index (χ1v) is 11.2. The Morgan fingerprint density at radius 2 is 1.18 bits per heavy atom. The maximum absolute atomic E-state index is 14.8. The molecule has 0 aliphatic rings. The minimum absolute atomic E-state index is 0.146. The summed E-state index contributed by atoms with van der Waals surface area (Å²) in [6.07, 6.45) is 0. The molecular formula is C25H25O2P. The first-order chi connectivity index (χ1) is 13.5. The standard InChI is InChI=1S/C25H25O2P/c1-19(2)24(26)25(20(3)21-13-7-4-8-14-21)28(27,22-15-9-5-10-16-22)23-17-11-6-12-18-23/h4-18,20,25H,1H2,2-3H3/t20-,25-/m0/s1. The first-order valence-electron chi connectivity index (χ1n) is 9.42. The van der Waals surface area contributed by atoms with Crippen LogP contribution in [0.4, 0.5) is 0 Å². The fourth-order valence-corrected chi connectivity index (χ4v) is 7.19. The number of carbonyl (C=O) groups excluding carboxylic acids is 1. The van der Waals surface area contributed by atoms with Gasteiger partial charge in [-0.15, -0.1) is 0 Å². The van der Waals surface area contributed by atoms with Gasteiger partial charge in [-0.25, -0.2) is 0 Å². The van der Waals surface area contributed by atoms with Gasteiger partial charge in [0.1, 0.15) is 0 Å². The molecular weight excluding hydrogens is 363 g/mol. The van der Waals surface area contributed by atoms with E-state index in [0.717, 1.165) is 5.56 Å². The molecule has 2 atom stereocenters. The molecule has 0 bridgehead atoms. The normalized spacial score (nSPS) is 13.5. The van der Waals surface area contributed by atoms with Crippen molar-refractivity contribution in [2.24, 2.45) is 0 Å². The van der Waals surface area contributed by atoms with E-state index in [1.165, 1.54) is 0 Å². The van der Waals surface area contributed by atoms with Crippen molar-refractivity contribution in [1.29, 1.82) is 0 Å². The number of benzene rings is 3. The average molecular weight is 388 g/mol. The van der Waals surface area contributed by atoms with Crippen LogP contribution in [-0.4, -0.2) is 11.4 Å². The van der Waals surface area contributed by atoms with Gasteiger partial charge in [-0.05, 0) is 24.0 Å². The lowest BCUT2D eigenvalue weighted by atomic mass is 9.93. The van der Waals surface area contributed by atoms with Crippen LogP contribution in [0.25, 0.3) is 0 Å². The van der Waals surface area contributed by atoms with Crippen LogP contribution >= 0.6 is 7.14 Å². The zero-order valence-electron chi connectivity index (χ0n) is 16.3. The topological polar surface area (TPSA) is 34.1 Å². The molecule has 3 rings (SSSR count). The molecule has 0 fully saturated rings. The highest BCUT2D eigenvalue weighted by Gasteiger charge is 2.44. The molecule has 0 radical (unpaired) electrons. The minimum atomic E-state index is -3.28. The largest absolute Gasteiger partial charge is 0.313 e. The highest BCUT2D eigenvalue weighted by Crippen LogP contribution is 2.54. The number of allylic oxidation sites excluding steroid dienone is 1. The van der Waals surface area contributed by atoms with Gasteiger partial charge in [0.05, 0.1) is 5.66 Å². The van der Waals surface area contributed by atoms with Crippen molar-refractivity contribution >= 4 is 23.5 Å². The third-order valence-corrected chi connectivity index (χ3v) is 8.76. The molecule has 28 heavy (non-hydrogen) atoms. The average Bonchev–Trinajstić information content (AvgIpc) is 2.75. The smallest absolute Gasteiger partial charge is 0.169 e. The maximum atomic E-state index is 14.8. The van der Waals surface area contributed by atoms with E-state index >= 15 is 0 Å². The molecule has 0 N–H and O–H groups in total. The second-order valence-corrected chi connectivity index (χ2v) is 10.0. The number of ketones is 1. The Kier molecular flexibility index (Phi) is 6.11. The molecule has 0 saturated carbocycles. The van der Waals surface area contributed by atoms with Crippen molar-refractivity contribution in [3.63, 3.8) is 0 Å². The Balaban J connectivity index is 2.28. The quantitative estimate of drug-likeness (QED) is 0.406. The van der Waals surface area contributed by atoms with E-state index in [1.807, 2.05) is 97.9 Å². The van der Waals surface area contributed by atoms with Crippen LogP contribution in [0, 0.1) is 0 Å². The second-order valence-electron chi connectivity index (χ2n) is 7.12. The van der Waals surface area contributed by atoms with Crippen LogP contribution in [0.3, 0.4) is 0 Å². The van der Waals surface area contributed by atoms with E-state index in [4.69, 9.17) is 0 Å². The Hall–Kier alpha value is -2.70. The summed E-state index contributed by atoms with van der Waals surface area (Å²) < 4.78 is 14.8. The lowest BCUT2D eigenvalue weighted by Crippen LogP contribution is -2.36. The third kappa shape index (κ3) is 3.79. The minimum Gasteiger partial charge on any atom is -0.313 e. The molecule has 0 aliphatic heterocycles. The molecule has 3 heteroatoms. The van der Waals surface area contributed by atoms with Crippen LogP contribution in [0.2, 0.25) is 0 Å². The number of carbonyl (C=O) groups is 1. The summed E-state index contributed by atoms with van der Waals surface area (Å²) in [7, 11) is -3.28. The second kappa shape index (κ2) is 8.54. The first kappa shape index (κ1) is 20.0. The predicted molar refractivity (Wildman–Crippen MR) is 118 cm³/mol. The van der Waals surface area contributed by atoms with Gasteiger partial charge < -0.3 is 4.57 Å². The van der Waals surface area contributed by atoms with Crippen molar-refractivity contribution < 1.29 is 9.36 Å². The molecule has 0 amide bonds. The summed E-state index contributed by atoms with van der Waals surface area (Å²) in [6, 6.07) is 28.6. The van der Waals surface area contributed by atoms with Crippen molar-refractivity contribution in [3.8, 4) is 0 Å². The summed E-state index contributed by atoms with van der Waals surface area (Å²) in [6.45, 7) is 7.57. The number of hydrogen-bond donors (Lipinski definition) is 0. The van der Waals surface area contributed by atoms with Crippen molar-refractivity contribution in [3.05, 3.63) is 109 Å². The summed E-state index contributed by atoms with van der Waals surface area (Å²) in [5.41, 5.74) is 0.714. The molecule has 2 nitrogen and oxygen atoms in total. The summed E-state index contributed by atoms with van der Waals surface area (Å²) in [4.78, 5) is 13.4. The fraction of sp³-hybridized carbons (Fsp3) is 0.160. The van der Waals surface area contributed by atoms with Crippen LogP contribution in [-0.2, 0) is 9.36 Å². The van der Waals surface area contributed by atoms with Gasteiger partial charge in [0.25, 0.3) is 0 Å². The predicted octanol–water partition coefficient (Wildman–Crippen LogP) is 5.32. The summed E-state index contributed by atoms with van der Waals surface area (Å²) in [5.74, 6) is -0.371. The molecule has 0 spiro atoms. The SMILES string of the molecule is C=C(C)C(=O)[C@H]([C@@H](C)c1ccccc1)P(=O)(c1ccccc1)c1ccccc1. The van der Waals surface area contributed by atoms with Crippen LogP contribution < -0.4 is 10.6 Å². The van der Waals surface area contributed by atoms with E-state index in [2.05, 4.69) is 6.58 Å². The van der Waals surface area contributed by atoms with Crippen LogP contribution in [0.15, 0.2) is 103 Å². The van der Waals surface area contributed by atoms with Crippen molar-refractivity contribution in [2.75, 3.05) is 0 Å². The van der Waals surface area contributed by atoms with E-state index in [1.54, 1.807) is 6.92 Å².